The van der Waals surface area contributed by atoms with Gasteiger partial charge in [0.2, 0.25) is 5.69 Å². The van der Waals surface area contributed by atoms with E-state index in [9.17, 15) is 0 Å². The summed E-state index contributed by atoms with van der Waals surface area (Å²) in [6, 6.07) is 8.60. The lowest BCUT2D eigenvalue weighted by Gasteiger charge is -2.49. The van der Waals surface area contributed by atoms with E-state index in [-0.39, 0.29) is 22.2 Å². The smallest absolute Gasteiger partial charge is 0.207 e. The maximum absolute atomic E-state index is 15.8. The average molecular weight is 445 g/mol. The van der Waals surface area contributed by atoms with Gasteiger partial charge in [0.15, 0.2) is 11.7 Å². The van der Waals surface area contributed by atoms with E-state index in [1.54, 1.807) is 6.07 Å². The highest BCUT2D eigenvalue weighted by atomic mass is 19.1. The standard InChI is InChI=1S/C31H39FN/c1-9-12-13-20-18-23-25-21(19(20)4)16-17-33-28(25)26-22(30(7,10-2)31(33,8)11-3)14-15-24(32)27(26)29(23,5)6/h14-18H,9-13H2,1-8H3/q+1. The third-order valence-electron chi connectivity index (χ3n) is 9.81. The lowest BCUT2D eigenvalue weighted by molar-refractivity contribution is -0.764. The summed E-state index contributed by atoms with van der Waals surface area (Å²) >= 11 is 0. The van der Waals surface area contributed by atoms with Crippen molar-refractivity contribution >= 4 is 10.8 Å². The van der Waals surface area contributed by atoms with Crippen LogP contribution in [-0.2, 0) is 22.8 Å². The highest BCUT2D eigenvalue weighted by molar-refractivity contribution is 6.03. The second-order valence-corrected chi connectivity index (χ2v) is 11.4. The van der Waals surface area contributed by atoms with Crippen LogP contribution >= 0.6 is 0 Å². The van der Waals surface area contributed by atoms with Crippen LogP contribution in [0.15, 0.2) is 30.5 Å². The van der Waals surface area contributed by atoms with Gasteiger partial charge in [0.05, 0.1) is 16.4 Å². The first-order valence-electron chi connectivity index (χ1n) is 12.9. The van der Waals surface area contributed by atoms with E-state index in [4.69, 9.17) is 0 Å². The summed E-state index contributed by atoms with van der Waals surface area (Å²) in [7, 11) is 0. The first-order chi connectivity index (χ1) is 15.6. The fourth-order valence-corrected chi connectivity index (χ4v) is 7.16. The molecule has 174 valence electrons. The second-order valence-electron chi connectivity index (χ2n) is 11.4. The SMILES string of the molecule is CCCCc1cc2c3c4[n+](ccc3c1C)C(C)(CC)C(C)(CC)c1ccc(F)c(c1-4)C2(C)C. The van der Waals surface area contributed by atoms with E-state index in [1.165, 1.54) is 51.6 Å². The average Bonchev–Trinajstić information content (AvgIpc) is 2.80. The molecule has 3 aromatic rings. The van der Waals surface area contributed by atoms with Crippen LogP contribution in [0.25, 0.3) is 22.0 Å². The Balaban J connectivity index is 2.03. The van der Waals surface area contributed by atoms with Crippen LogP contribution in [0.5, 0.6) is 0 Å². The lowest BCUT2D eigenvalue weighted by Crippen LogP contribution is -2.68. The van der Waals surface area contributed by atoms with Gasteiger partial charge in [-0.15, -0.1) is 0 Å². The molecule has 0 saturated carbocycles. The van der Waals surface area contributed by atoms with Gasteiger partial charge in [-0.2, -0.15) is 4.57 Å². The van der Waals surface area contributed by atoms with Crippen LogP contribution in [-0.4, -0.2) is 0 Å². The van der Waals surface area contributed by atoms with Crippen molar-refractivity contribution in [2.24, 2.45) is 0 Å². The van der Waals surface area contributed by atoms with Gasteiger partial charge in [-0.25, -0.2) is 4.39 Å². The van der Waals surface area contributed by atoms with Crippen molar-refractivity contribution in [3.63, 3.8) is 0 Å². The lowest BCUT2D eigenvalue weighted by atomic mass is 9.57. The van der Waals surface area contributed by atoms with Crippen molar-refractivity contribution < 1.29 is 8.96 Å². The predicted molar refractivity (Wildman–Crippen MR) is 137 cm³/mol. The van der Waals surface area contributed by atoms with Crippen molar-refractivity contribution in [1.29, 1.82) is 0 Å². The van der Waals surface area contributed by atoms with Crippen LogP contribution in [0, 0.1) is 12.7 Å². The number of aromatic nitrogens is 1. The molecule has 0 amide bonds. The molecule has 1 nitrogen and oxygen atoms in total. The van der Waals surface area contributed by atoms with Gasteiger partial charge in [-0.05, 0) is 66.8 Å². The molecule has 0 saturated heterocycles. The summed E-state index contributed by atoms with van der Waals surface area (Å²) in [4.78, 5) is 0. The van der Waals surface area contributed by atoms with E-state index in [0.29, 0.717) is 0 Å². The fourth-order valence-electron chi connectivity index (χ4n) is 7.16. The number of aryl methyl sites for hydroxylation is 2. The monoisotopic (exact) mass is 444 g/mol. The Morgan fingerprint density at radius 3 is 2.30 bits per heavy atom. The van der Waals surface area contributed by atoms with Crippen LogP contribution in [0.2, 0.25) is 0 Å². The minimum absolute atomic E-state index is 0.0674. The molecule has 1 aliphatic heterocycles. The van der Waals surface area contributed by atoms with Crippen LogP contribution < -0.4 is 4.57 Å². The zero-order valence-corrected chi connectivity index (χ0v) is 21.7. The largest absolute Gasteiger partial charge is 0.221 e. The zero-order valence-electron chi connectivity index (χ0n) is 21.7. The van der Waals surface area contributed by atoms with Crippen molar-refractivity contribution in [2.75, 3.05) is 0 Å². The summed E-state index contributed by atoms with van der Waals surface area (Å²) in [6.45, 7) is 18.4. The number of hydrogen-bond acceptors (Lipinski definition) is 0. The molecule has 33 heavy (non-hydrogen) atoms. The van der Waals surface area contributed by atoms with E-state index < -0.39 is 0 Å². The Labute approximate surface area is 199 Å². The molecule has 2 unspecified atom stereocenters. The van der Waals surface area contributed by atoms with Gasteiger partial charge in [0.1, 0.15) is 5.82 Å². The minimum atomic E-state index is -0.386. The Morgan fingerprint density at radius 1 is 0.939 bits per heavy atom. The molecule has 0 fully saturated rings. The maximum Gasteiger partial charge on any atom is 0.221 e. The van der Waals surface area contributed by atoms with Crippen LogP contribution in [0.1, 0.15) is 102 Å². The Kier molecular flexibility index (Phi) is 4.88. The number of unbranched alkanes of at least 4 members (excludes halogenated alkanes) is 1. The molecule has 2 atom stereocenters. The zero-order chi connectivity index (χ0) is 23.9. The summed E-state index contributed by atoms with van der Waals surface area (Å²) in [6.07, 6.45) is 7.80. The van der Waals surface area contributed by atoms with Crippen molar-refractivity contribution in [3.8, 4) is 11.3 Å². The first-order valence-corrected chi connectivity index (χ1v) is 12.9. The van der Waals surface area contributed by atoms with Crippen molar-refractivity contribution in [2.45, 2.75) is 104 Å². The third kappa shape index (κ3) is 2.56. The van der Waals surface area contributed by atoms with Crippen LogP contribution in [0.4, 0.5) is 4.39 Å². The molecule has 1 aliphatic carbocycles. The molecule has 2 aliphatic rings. The van der Waals surface area contributed by atoms with Crippen molar-refractivity contribution in [1.82, 2.24) is 0 Å². The Hall–Kier alpha value is -2.22. The summed E-state index contributed by atoms with van der Waals surface area (Å²) in [5, 5.41) is 2.69. The molecular weight excluding hydrogens is 405 g/mol. The van der Waals surface area contributed by atoms with Gasteiger partial charge in [0, 0.05) is 30.4 Å². The minimum Gasteiger partial charge on any atom is -0.207 e. The Bertz CT molecular complexity index is 1300. The number of rotatable bonds is 5. The van der Waals surface area contributed by atoms with Gasteiger partial charge in [-0.1, -0.05) is 53.2 Å². The third-order valence-corrected chi connectivity index (χ3v) is 9.81. The highest BCUT2D eigenvalue weighted by Crippen LogP contribution is 2.57. The topological polar surface area (TPSA) is 3.88 Å². The quantitative estimate of drug-likeness (QED) is 0.351. The van der Waals surface area contributed by atoms with E-state index >= 15 is 4.39 Å². The number of hydrogen-bond donors (Lipinski definition) is 0. The van der Waals surface area contributed by atoms with E-state index in [1.807, 2.05) is 0 Å². The second kappa shape index (κ2) is 7.14. The molecule has 2 heteroatoms. The van der Waals surface area contributed by atoms with Gasteiger partial charge in [-0.3, -0.25) is 0 Å². The maximum atomic E-state index is 15.8. The molecule has 1 aromatic heterocycles. The van der Waals surface area contributed by atoms with Gasteiger partial charge >= 0.3 is 0 Å². The number of benzene rings is 2. The van der Waals surface area contributed by atoms with E-state index in [0.717, 1.165) is 30.4 Å². The van der Waals surface area contributed by atoms with Gasteiger partial charge in [0.25, 0.3) is 0 Å². The molecule has 0 bridgehead atoms. The molecule has 5 rings (SSSR count). The molecular formula is C31H39FN+. The summed E-state index contributed by atoms with van der Waals surface area (Å²) in [5.74, 6) is -0.0674. The molecule has 0 spiro atoms. The number of halogens is 1. The van der Waals surface area contributed by atoms with Crippen LogP contribution in [0.3, 0.4) is 0 Å². The number of pyridine rings is 1. The molecule has 0 N–H and O–H groups in total. The molecule has 2 aromatic carbocycles. The molecule has 0 radical (unpaired) electrons. The van der Waals surface area contributed by atoms with Crippen molar-refractivity contribution in [3.05, 3.63) is 64.1 Å². The van der Waals surface area contributed by atoms with E-state index in [2.05, 4.69) is 84.4 Å². The number of nitrogens with zero attached hydrogens (tertiary/aromatic N) is 1. The Morgan fingerprint density at radius 2 is 1.67 bits per heavy atom. The predicted octanol–water partition coefficient (Wildman–Crippen LogP) is 8.03. The summed E-state index contributed by atoms with van der Waals surface area (Å²) < 4.78 is 18.3. The highest BCUT2D eigenvalue weighted by Gasteiger charge is 2.59. The fraction of sp³-hybridized carbons (Fsp3) is 0.516. The normalized spacial score (nSPS) is 24.4. The van der Waals surface area contributed by atoms with Gasteiger partial charge < -0.3 is 0 Å². The first kappa shape index (κ1) is 22.6. The molecule has 2 heterocycles. The summed E-state index contributed by atoms with van der Waals surface area (Å²) in [5.41, 5.74) is 8.18.